The van der Waals surface area contributed by atoms with Crippen LogP contribution in [-0.2, 0) is 0 Å². The second kappa shape index (κ2) is 6.59. The molecule has 2 aromatic rings. The van der Waals surface area contributed by atoms with Gasteiger partial charge in [-0.3, -0.25) is 4.98 Å². The first-order chi connectivity index (χ1) is 9.11. The van der Waals surface area contributed by atoms with Gasteiger partial charge in [-0.15, -0.1) is 11.3 Å². The molecule has 0 spiro atoms. The van der Waals surface area contributed by atoms with E-state index in [-0.39, 0.29) is 6.04 Å². The van der Waals surface area contributed by atoms with Crippen LogP contribution in [0.15, 0.2) is 28.2 Å². The molecule has 2 heterocycles. The smallest absolute Gasteiger partial charge is 0.116 e. The lowest BCUT2D eigenvalue weighted by molar-refractivity contribution is 0.608. The topological polar surface area (TPSA) is 37.8 Å². The van der Waals surface area contributed by atoms with Crippen molar-refractivity contribution in [1.29, 1.82) is 0 Å². The first-order valence-electron chi connectivity index (χ1n) is 6.42. The van der Waals surface area contributed by atoms with Gasteiger partial charge < -0.3 is 5.32 Å². The zero-order chi connectivity index (χ0) is 13.8. The molecule has 5 heteroatoms. The van der Waals surface area contributed by atoms with E-state index in [4.69, 9.17) is 4.98 Å². The molecule has 0 bridgehead atoms. The van der Waals surface area contributed by atoms with Crippen molar-refractivity contribution >= 4 is 27.3 Å². The van der Waals surface area contributed by atoms with Gasteiger partial charge in [-0.1, -0.05) is 20.8 Å². The van der Waals surface area contributed by atoms with Crippen molar-refractivity contribution in [3.63, 3.8) is 0 Å². The molecular weight excluding hydrogens is 322 g/mol. The molecule has 0 aliphatic heterocycles. The summed E-state index contributed by atoms with van der Waals surface area (Å²) in [7, 11) is 0. The van der Waals surface area contributed by atoms with Crippen LogP contribution < -0.4 is 5.32 Å². The SMILES string of the molecule is CCNC(c1ccc(Br)cn1)c1nc(C(C)C)cs1. The fourth-order valence-electron chi connectivity index (χ4n) is 1.78. The Kier molecular flexibility index (Phi) is 5.07. The van der Waals surface area contributed by atoms with Crippen molar-refractivity contribution in [3.8, 4) is 0 Å². The Morgan fingerprint density at radius 1 is 1.32 bits per heavy atom. The Labute approximate surface area is 126 Å². The maximum Gasteiger partial charge on any atom is 0.116 e. The number of pyridine rings is 1. The summed E-state index contributed by atoms with van der Waals surface area (Å²) in [6.07, 6.45) is 1.83. The van der Waals surface area contributed by atoms with E-state index in [2.05, 4.69) is 52.4 Å². The minimum Gasteiger partial charge on any atom is -0.303 e. The van der Waals surface area contributed by atoms with Crippen LogP contribution in [0.1, 0.15) is 49.1 Å². The van der Waals surface area contributed by atoms with Crippen molar-refractivity contribution in [1.82, 2.24) is 15.3 Å². The zero-order valence-corrected chi connectivity index (χ0v) is 13.8. The monoisotopic (exact) mass is 339 g/mol. The molecule has 0 fully saturated rings. The highest BCUT2D eigenvalue weighted by atomic mass is 79.9. The minimum atomic E-state index is 0.0793. The van der Waals surface area contributed by atoms with Gasteiger partial charge in [0, 0.05) is 16.0 Å². The van der Waals surface area contributed by atoms with Gasteiger partial charge >= 0.3 is 0 Å². The van der Waals surface area contributed by atoms with E-state index in [9.17, 15) is 0 Å². The number of thiazole rings is 1. The summed E-state index contributed by atoms with van der Waals surface area (Å²) in [5, 5.41) is 6.68. The first-order valence-corrected chi connectivity index (χ1v) is 8.09. The third-order valence-electron chi connectivity index (χ3n) is 2.83. The van der Waals surface area contributed by atoms with Crippen LogP contribution in [0.4, 0.5) is 0 Å². The molecule has 0 aliphatic rings. The third-order valence-corrected chi connectivity index (χ3v) is 4.23. The Balaban J connectivity index is 2.30. The zero-order valence-electron chi connectivity index (χ0n) is 11.4. The molecular formula is C14H18BrN3S. The van der Waals surface area contributed by atoms with E-state index in [1.807, 2.05) is 18.3 Å². The fraction of sp³-hybridized carbons (Fsp3) is 0.429. The molecule has 2 rings (SSSR count). The van der Waals surface area contributed by atoms with Gasteiger partial charge in [0.2, 0.25) is 0 Å². The number of hydrogen-bond donors (Lipinski definition) is 1. The van der Waals surface area contributed by atoms with Crippen molar-refractivity contribution in [3.05, 3.63) is 44.6 Å². The summed E-state index contributed by atoms with van der Waals surface area (Å²) < 4.78 is 0.994. The largest absolute Gasteiger partial charge is 0.303 e. The molecule has 3 nitrogen and oxygen atoms in total. The van der Waals surface area contributed by atoms with E-state index >= 15 is 0 Å². The van der Waals surface area contributed by atoms with Crippen molar-refractivity contribution < 1.29 is 0 Å². The maximum absolute atomic E-state index is 4.73. The normalized spacial score (nSPS) is 12.9. The highest BCUT2D eigenvalue weighted by Gasteiger charge is 2.18. The van der Waals surface area contributed by atoms with Gasteiger partial charge in [0.05, 0.1) is 11.4 Å². The molecule has 0 saturated heterocycles. The molecule has 2 aromatic heterocycles. The van der Waals surface area contributed by atoms with Crippen molar-refractivity contribution in [2.75, 3.05) is 6.54 Å². The van der Waals surface area contributed by atoms with Gasteiger partial charge in [-0.25, -0.2) is 4.98 Å². The summed E-state index contributed by atoms with van der Waals surface area (Å²) in [4.78, 5) is 9.22. The van der Waals surface area contributed by atoms with Crippen LogP contribution in [0.3, 0.4) is 0 Å². The third kappa shape index (κ3) is 3.61. The van der Waals surface area contributed by atoms with E-state index in [0.29, 0.717) is 5.92 Å². The van der Waals surface area contributed by atoms with Crippen LogP contribution in [-0.4, -0.2) is 16.5 Å². The van der Waals surface area contributed by atoms with E-state index in [0.717, 1.165) is 27.4 Å². The molecule has 102 valence electrons. The average Bonchev–Trinajstić information content (AvgIpc) is 2.87. The summed E-state index contributed by atoms with van der Waals surface area (Å²) in [5.41, 5.74) is 2.16. The summed E-state index contributed by atoms with van der Waals surface area (Å²) in [5.74, 6) is 0.463. The number of hydrogen-bond acceptors (Lipinski definition) is 4. The Morgan fingerprint density at radius 3 is 2.63 bits per heavy atom. The molecule has 0 radical (unpaired) electrons. The van der Waals surface area contributed by atoms with Gasteiger partial charge in [0.15, 0.2) is 0 Å². The summed E-state index contributed by atoms with van der Waals surface area (Å²) >= 11 is 5.12. The number of nitrogens with one attached hydrogen (secondary N) is 1. The van der Waals surface area contributed by atoms with Crippen molar-refractivity contribution in [2.24, 2.45) is 0 Å². The Morgan fingerprint density at radius 2 is 2.11 bits per heavy atom. The second-order valence-corrected chi connectivity index (χ2v) is 6.46. The molecule has 0 aromatic carbocycles. The van der Waals surface area contributed by atoms with Gasteiger partial charge in [0.1, 0.15) is 11.0 Å². The summed E-state index contributed by atoms with van der Waals surface area (Å²) in [6, 6.07) is 4.13. The highest BCUT2D eigenvalue weighted by Crippen LogP contribution is 2.27. The lowest BCUT2D eigenvalue weighted by atomic mass is 10.1. The first kappa shape index (κ1) is 14.6. The molecule has 0 amide bonds. The lowest BCUT2D eigenvalue weighted by Gasteiger charge is -2.14. The number of nitrogens with zero attached hydrogens (tertiary/aromatic N) is 2. The Bertz CT molecular complexity index is 522. The summed E-state index contributed by atoms with van der Waals surface area (Å²) in [6.45, 7) is 7.32. The molecule has 0 saturated carbocycles. The molecule has 1 N–H and O–H groups in total. The van der Waals surface area contributed by atoms with Crippen LogP contribution in [0.2, 0.25) is 0 Å². The lowest BCUT2D eigenvalue weighted by Crippen LogP contribution is -2.22. The highest BCUT2D eigenvalue weighted by molar-refractivity contribution is 9.10. The number of rotatable bonds is 5. The molecule has 0 aliphatic carbocycles. The van der Waals surface area contributed by atoms with Crippen LogP contribution in [0.5, 0.6) is 0 Å². The standard InChI is InChI=1S/C14H18BrN3S/c1-4-16-13(11-6-5-10(15)7-17-11)14-18-12(8-19-14)9(2)3/h5-9,13,16H,4H2,1-3H3. The molecule has 19 heavy (non-hydrogen) atoms. The van der Waals surface area contributed by atoms with Crippen LogP contribution in [0, 0.1) is 0 Å². The molecule has 1 atom stereocenters. The second-order valence-electron chi connectivity index (χ2n) is 4.66. The average molecular weight is 340 g/mol. The van der Waals surface area contributed by atoms with E-state index < -0.39 is 0 Å². The fourth-order valence-corrected chi connectivity index (χ4v) is 3.08. The van der Waals surface area contributed by atoms with E-state index in [1.54, 1.807) is 11.3 Å². The number of aromatic nitrogens is 2. The molecule has 1 unspecified atom stereocenters. The number of halogens is 1. The van der Waals surface area contributed by atoms with Gasteiger partial charge in [-0.05, 0) is 40.5 Å². The van der Waals surface area contributed by atoms with Crippen LogP contribution >= 0.6 is 27.3 Å². The van der Waals surface area contributed by atoms with E-state index in [1.165, 1.54) is 0 Å². The van der Waals surface area contributed by atoms with Gasteiger partial charge in [0.25, 0.3) is 0 Å². The quantitative estimate of drug-likeness (QED) is 0.890. The predicted octanol–water partition coefficient (Wildman–Crippen LogP) is 4.12. The van der Waals surface area contributed by atoms with Crippen LogP contribution in [0.25, 0.3) is 0 Å². The van der Waals surface area contributed by atoms with Crippen molar-refractivity contribution in [2.45, 2.75) is 32.7 Å². The predicted molar refractivity (Wildman–Crippen MR) is 83.7 cm³/mol. The minimum absolute atomic E-state index is 0.0793. The van der Waals surface area contributed by atoms with Gasteiger partial charge in [-0.2, -0.15) is 0 Å². The maximum atomic E-state index is 4.73. The Hall–Kier alpha value is -0.780.